The molecule has 3 aromatic rings. The summed E-state index contributed by atoms with van der Waals surface area (Å²) in [7, 11) is 0. The lowest BCUT2D eigenvalue weighted by molar-refractivity contribution is -0.161. The van der Waals surface area contributed by atoms with Crippen LogP contribution in [0.3, 0.4) is 0 Å². The Kier molecular flexibility index (Phi) is 4.81. The highest BCUT2D eigenvalue weighted by Gasteiger charge is 2.58. The first kappa shape index (κ1) is 20.9. The Bertz CT molecular complexity index is 1300. The standard InChI is InChI=1S/C21H17F3N6O3/c1-10-13(19-28-27-18(33-19)12-8-5-9-25-17(12)31)20(32)30-16(26-10)14(11-6-3-2-4-7-11)15(29-30)21(22,23)24/h2-9,14-16,26,29H,1H3,(H,25,31). The van der Waals surface area contributed by atoms with E-state index in [-0.39, 0.29) is 28.6 Å². The van der Waals surface area contributed by atoms with E-state index in [4.69, 9.17) is 4.42 Å². The highest BCUT2D eigenvalue weighted by Crippen LogP contribution is 2.42. The Morgan fingerprint density at radius 1 is 1.03 bits per heavy atom. The normalized spacial score (nSPS) is 23.0. The Morgan fingerprint density at radius 2 is 1.76 bits per heavy atom. The van der Waals surface area contributed by atoms with Gasteiger partial charge in [-0.2, -0.15) is 13.2 Å². The third kappa shape index (κ3) is 3.48. The van der Waals surface area contributed by atoms with Gasteiger partial charge in [0.05, 0.1) is 5.92 Å². The molecule has 0 radical (unpaired) electrons. The van der Waals surface area contributed by atoms with Crippen LogP contribution in [0.25, 0.3) is 17.0 Å². The lowest BCUT2D eigenvalue weighted by Gasteiger charge is -2.34. The number of H-pyrrole nitrogens is 1. The molecule has 170 valence electrons. The molecule has 1 aromatic carbocycles. The molecule has 3 atom stereocenters. The van der Waals surface area contributed by atoms with E-state index in [0.717, 1.165) is 5.01 Å². The van der Waals surface area contributed by atoms with E-state index in [2.05, 4.69) is 25.9 Å². The van der Waals surface area contributed by atoms with Crippen LogP contribution >= 0.6 is 0 Å². The number of fused-ring (bicyclic) bond motifs is 1. The van der Waals surface area contributed by atoms with Crippen molar-refractivity contribution in [2.45, 2.75) is 31.2 Å². The maximum atomic E-state index is 13.9. The SMILES string of the molecule is CC1=C(c2nnc(-c3ccc[nH]c3=O)o2)C(=O)N2NC(C(F)(F)F)C(c3ccccc3)C2N1. The number of amides is 1. The molecule has 4 heterocycles. The number of nitrogens with one attached hydrogen (secondary N) is 3. The van der Waals surface area contributed by atoms with Gasteiger partial charge in [0.15, 0.2) is 0 Å². The summed E-state index contributed by atoms with van der Waals surface area (Å²) >= 11 is 0. The summed E-state index contributed by atoms with van der Waals surface area (Å²) < 4.78 is 47.2. The Hall–Kier alpha value is -3.93. The number of aromatic nitrogens is 3. The number of alkyl halides is 3. The molecule has 2 aliphatic heterocycles. The summed E-state index contributed by atoms with van der Waals surface area (Å²) in [6, 6.07) is 9.24. The fraction of sp³-hybridized carbons (Fsp3) is 0.238. The number of aromatic amines is 1. The van der Waals surface area contributed by atoms with Gasteiger partial charge < -0.3 is 14.7 Å². The van der Waals surface area contributed by atoms with Gasteiger partial charge in [-0.25, -0.2) is 10.4 Å². The number of hydrogen-bond donors (Lipinski definition) is 3. The topological polar surface area (TPSA) is 116 Å². The first-order valence-corrected chi connectivity index (χ1v) is 9.96. The van der Waals surface area contributed by atoms with E-state index in [9.17, 15) is 22.8 Å². The second kappa shape index (κ2) is 7.59. The molecule has 1 fully saturated rings. The summed E-state index contributed by atoms with van der Waals surface area (Å²) in [5, 5.41) is 11.6. The highest BCUT2D eigenvalue weighted by molar-refractivity contribution is 6.19. The van der Waals surface area contributed by atoms with Gasteiger partial charge in [0, 0.05) is 11.9 Å². The van der Waals surface area contributed by atoms with Crippen LogP contribution in [0.15, 0.2) is 63.6 Å². The molecule has 1 amide bonds. The van der Waals surface area contributed by atoms with Gasteiger partial charge in [-0.3, -0.25) is 9.59 Å². The summed E-state index contributed by atoms with van der Waals surface area (Å²) in [6.45, 7) is 1.55. The minimum absolute atomic E-state index is 0.0838. The molecule has 9 nitrogen and oxygen atoms in total. The van der Waals surface area contributed by atoms with Crippen LogP contribution in [0.2, 0.25) is 0 Å². The number of nitrogens with zero attached hydrogens (tertiary/aromatic N) is 3. The lowest BCUT2D eigenvalue weighted by atomic mass is 9.89. The zero-order chi connectivity index (χ0) is 23.3. The third-order valence-corrected chi connectivity index (χ3v) is 5.65. The molecule has 1 saturated heterocycles. The molecule has 2 aliphatic rings. The van der Waals surface area contributed by atoms with Gasteiger partial charge in [0.1, 0.15) is 23.3 Å². The van der Waals surface area contributed by atoms with Crippen molar-refractivity contribution in [2.24, 2.45) is 0 Å². The van der Waals surface area contributed by atoms with Crippen molar-refractivity contribution >= 4 is 11.5 Å². The minimum Gasteiger partial charge on any atom is -0.416 e. The molecule has 5 rings (SSSR count). The largest absolute Gasteiger partial charge is 0.416 e. The first-order valence-electron chi connectivity index (χ1n) is 9.96. The van der Waals surface area contributed by atoms with E-state index in [1.54, 1.807) is 43.3 Å². The van der Waals surface area contributed by atoms with Crippen LogP contribution in [0, 0.1) is 0 Å². The Labute approximate surface area is 184 Å². The zero-order valence-corrected chi connectivity index (χ0v) is 17.1. The summed E-state index contributed by atoms with van der Waals surface area (Å²) in [5.74, 6) is -2.17. The van der Waals surface area contributed by atoms with Crippen molar-refractivity contribution in [3.8, 4) is 11.5 Å². The molecular weight excluding hydrogens is 441 g/mol. The van der Waals surface area contributed by atoms with Crippen LogP contribution < -0.4 is 16.3 Å². The van der Waals surface area contributed by atoms with Crippen LogP contribution in [0.4, 0.5) is 13.2 Å². The molecule has 0 spiro atoms. The first-order chi connectivity index (χ1) is 15.8. The number of carbonyl (C=O) groups excluding carboxylic acids is 1. The average molecular weight is 458 g/mol. The maximum absolute atomic E-state index is 13.9. The van der Waals surface area contributed by atoms with E-state index in [1.165, 1.54) is 12.3 Å². The van der Waals surface area contributed by atoms with Crippen molar-refractivity contribution in [3.63, 3.8) is 0 Å². The molecule has 0 aliphatic carbocycles. The summed E-state index contributed by atoms with van der Waals surface area (Å²) in [5.41, 5.74) is 2.58. The molecule has 12 heteroatoms. The van der Waals surface area contributed by atoms with Crippen molar-refractivity contribution in [3.05, 3.63) is 76.2 Å². The number of pyridine rings is 1. The molecule has 3 N–H and O–H groups in total. The second-order valence-electron chi connectivity index (χ2n) is 7.67. The number of rotatable bonds is 3. The quantitative estimate of drug-likeness (QED) is 0.551. The number of halogens is 3. The Balaban J connectivity index is 1.53. The minimum atomic E-state index is -4.61. The fourth-order valence-corrected chi connectivity index (χ4v) is 4.17. The number of hydrazine groups is 1. The predicted octanol–water partition coefficient (Wildman–Crippen LogP) is 2.15. The van der Waals surface area contributed by atoms with Gasteiger partial charge >= 0.3 is 6.18 Å². The molecule has 3 unspecified atom stereocenters. The van der Waals surface area contributed by atoms with Crippen LogP contribution in [0.5, 0.6) is 0 Å². The molecule has 0 saturated carbocycles. The van der Waals surface area contributed by atoms with Gasteiger partial charge in [-0.05, 0) is 24.6 Å². The van der Waals surface area contributed by atoms with E-state index < -0.39 is 35.8 Å². The molecule has 0 bridgehead atoms. The van der Waals surface area contributed by atoms with Crippen LogP contribution in [0.1, 0.15) is 24.3 Å². The lowest BCUT2D eigenvalue weighted by Crippen LogP contribution is -2.54. The zero-order valence-electron chi connectivity index (χ0n) is 17.1. The van der Waals surface area contributed by atoms with Crippen molar-refractivity contribution in [1.29, 1.82) is 0 Å². The second-order valence-corrected chi connectivity index (χ2v) is 7.67. The van der Waals surface area contributed by atoms with Gasteiger partial charge in [0.25, 0.3) is 23.2 Å². The number of carbonyl (C=O) groups is 1. The summed E-state index contributed by atoms with van der Waals surface area (Å²) in [6.07, 6.45) is -4.17. The number of hydrogen-bond acceptors (Lipinski definition) is 7. The van der Waals surface area contributed by atoms with Crippen molar-refractivity contribution in [2.75, 3.05) is 0 Å². The Morgan fingerprint density at radius 3 is 2.45 bits per heavy atom. The molecule has 2 aromatic heterocycles. The number of allylic oxidation sites excluding steroid dienone is 1. The van der Waals surface area contributed by atoms with Gasteiger partial charge in [-0.1, -0.05) is 30.3 Å². The smallest absolute Gasteiger partial charge is 0.406 e. The molecule has 33 heavy (non-hydrogen) atoms. The van der Waals surface area contributed by atoms with Crippen LogP contribution in [-0.2, 0) is 4.79 Å². The maximum Gasteiger partial charge on any atom is 0.406 e. The van der Waals surface area contributed by atoms with Gasteiger partial charge in [0.2, 0.25) is 0 Å². The predicted molar refractivity (Wildman–Crippen MR) is 109 cm³/mol. The van der Waals surface area contributed by atoms with Crippen molar-refractivity contribution < 1.29 is 22.4 Å². The van der Waals surface area contributed by atoms with Crippen molar-refractivity contribution in [1.82, 2.24) is 30.9 Å². The van der Waals surface area contributed by atoms with E-state index in [1.807, 2.05) is 0 Å². The molecular formula is C21H17F3N6O3. The fourth-order valence-electron chi connectivity index (χ4n) is 4.17. The van der Waals surface area contributed by atoms with Crippen LogP contribution in [-0.4, -0.2) is 44.5 Å². The monoisotopic (exact) mass is 458 g/mol. The average Bonchev–Trinajstić information content (AvgIpc) is 3.40. The highest BCUT2D eigenvalue weighted by atomic mass is 19.4. The van der Waals surface area contributed by atoms with E-state index in [0.29, 0.717) is 5.56 Å². The summed E-state index contributed by atoms with van der Waals surface area (Å²) in [4.78, 5) is 27.7. The number of benzene rings is 1. The van der Waals surface area contributed by atoms with Gasteiger partial charge in [-0.15, -0.1) is 10.2 Å². The third-order valence-electron chi connectivity index (χ3n) is 5.65. The van der Waals surface area contributed by atoms with E-state index >= 15 is 0 Å².